The molecule has 0 aliphatic rings. The molecule has 8 heterocycles. The van der Waals surface area contributed by atoms with Crippen molar-refractivity contribution in [3.8, 4) is 43.6 Å². The maximum absolute atomic E-state index is 2.48. The fourth-order valence-electron chi connectivity index (χ4n) is 10.5. The summed E-state index contributed by atoms with van der Waals surface area (Å²) in [4.78, 5) is 2.55. The van der Waals surface area contributed by atoms with Gasteiger partial charge in [0, 0.05) is 54.0 Å². The van der Waals surface area contributed by atoms with Gasteiger partial charge in [-0.25, -0.2) is 0 Å². The highest BCUT2D eigenvalue weighted by molar-refractivity contribution is 7.29. The van der Waals surface area contributed by atoms with E-state index in [1.807, 2.05) is 45.3 Å². The molecular formula is C58H34N4S4. The molecule has 4 nitrogen and oxygen atoms in total. The highest BCUT2D eigenvalue weighted by Gasteiger charge is 2.22. The Morgan fingerprint density at radius 1 is 0.258 bits per heavy atom. The maximum Gasteiger partial charge on any atom is 0.0711 e. The van der Waals surface area contributed by atoms with Gasteiger partial charge in [0.15, 0.2) is 0 Å². The number of hydrogen-bond acceptors (Lipinski definition) is 4. The Morgan fingerprint density at radius 2 is 0.667 bits per heavy atom. The first-order chi connectivity index (χ1) is 32.7. The lowest BCUT2D eigenvalue weighted by atomic mass is 10.1. The summed E-state index contributed by atoms with van der Waals surface area (Å²) in [5.74, 6) is 0. The van der Waals surface area contributed by atoms with Crippen LogP contribution in [-0.4, -0.2) is 18.3 Å². The van der Waals surface area contributed by atoms with E-state index in [2.05, 4.69) is 223 Å². The summed E-state index contributed by atoms with van der Waals surface area (Å²) in [5, 5.41) is 9.48. The van der Waals surface area contributed by atoms with Gasteiger partial charge in [0.25, 0.3) is 0 Å². The summed E-state index contributed by atoms with van der Waals surface area (Å²) in [7, 11) is 0. The molecule has 7 aromatic carbocycles. The van der Waals surface area contributed by atoms with Crippen LogP contribution in [0.25, 0.3) is 128 Å². The van der Waals surface area contributed by atoms with E-state index in [1.54, 1.807) is 0 Å². The molecule has 0 saturated carbocycles. The normalized spacial score (nSPS) is 12.2. The summed E-state index contributed by atoms with van der Waals surface area (Å²) in [5.41, 5.74) is 17.1. The number of benzene rings is 7. The Labute approximate surface area is 393 Å². The molecule has 0 aliphatic heterocycles. The van der Waals surface area contributed by atoms with Gasteiger partial charge in [0.1, 0.15) is 0 Å². The van der Waals surface area contributed by atoms with Crippen molar-refractivity contribution in [3.63, 3.8) is 0 Å². The molecule has 0 fully saturated rings. The molecule has 0 aliphatic carbocycles. The molecule has 0 saturated heterocycles. The second-order valence-corrected chi connectivity index (χ2v) is 20.9. The predicted molar refractivity (Wildman–Crippen MR) is 286 cm³/mol. The third kappa shape index (κ3) is 5.23. The molecule has 15 aromatic rings. The van der Waals surface area contributed by atoms with Gasteiger partial charge in [-0.3, -0.25) is 0 Å². The minimum absolute atomic E-state index is 1.16. The fraction of sp³-hybridized carbons (Fsp3) is 0. The molecule has 0 radical (unpaired) electrons. The Bertz CT molecular complexity index is 4390. The van der Waals surface area contributed by atoms with Crippen molar-refractivity contribution in [2.75, 3.05) is 0 Å². The summed E-state index contributed by atoms with van der Waals surface area (Å²) in [6.45, 7) is 0. The number of aromatic nitrogens is 4. The second-order valence-electron chi connectivity index (χ2n) is 17.0. The Hall–Kier alpha value is -7.46. The van der Waals surface area contributed by atoms with Gasteiger partial charge in [0.2, 0.25) is 0 Å². The molecule has 15 rings (SSSR count). The lowest BCUT2D eigenvalue weighted by molar-refractivity contribution is 1.17. The van der Waals surface area contributed by atoms with Crippen LogP contribution in [0, 0.1) is 0 Å². The molecule has 0 amide bonds. The van der Waals surface area contributed by atoms with Gasteiger partial charge < -0.3 is 18.3 Å². The summed E-state index contributed by atoms with van der Waals surface area (Å²) in [6, 6.07) is 71.6. The SMILES string of the molecule is c1ccc(-n2c3ccc(-c4cc5c(s4)c4sccc4n5-c4ccccc4)cc3c3cc(-c4cc5c(s4)c4sccc4n5-c4ccc5c(c4)c4ccccc4n5-c4ccccc4)ccc32)cc1. The van der Waals surface area contributed by atoms with E-state index in [9.17, 15) is 0 Å². The summed E-state index contributed by atoms with van der Waals surface area (Å²) < 4.78 is 15.1. The van der Waals surface area contributed by atoms with E-state index in [0.29, 0.717) is 0 Å². The first kappa shape index (κ1) is 36.8. The first-order valence-electron chi connectivity index (χ1n) is 22.1. The largest absolute Gasteiger partial charge is 0.309 e. The Kier molecular flexibility index (Phi) is 7.82. The number of nitrogens with zero attached hydrogens (tertiary/aromatic N) is 4. The van der Waals surface area contributed by atoms with Crippen LogP contribution in [0.2, 0.25) is 0 Å². The van der Waals surface area contributed by atoms with Crippen molar-refractivity contribution >= 4 is 130 Å². The highest BCUT2D eigenvalue weighted by Crippen LogP contribution is 2.47. The third-order valence-electron chi connectivity index (χ3n) is 13.4. The van der Waals surface area contributed by atoms with Gasteiger partial charge in [0.05, 0.1) is 62.9 Å². The molecule has 0 N–H and O–H groups in total. The second kappa shape index (κ2) is 14.0. The van der Waals surface area contributed by atoms with Crippen LogP contribution in [0.5, 0.6) is 0 Å². The number of fused-ring (bicyclic) bond motifs is 12. The van der Waals surface area contributed by atoms with Crippen LogP contribution in [0.3, 0.4) is 0 Å². The molecule has 310 valence electrons. The van der Waals surface area contributed by atoms with Crippen LogP contribution in [0.1, 0.15) is 0 Å². The molecule has 0 unspecified atom stereocenters. The minimum Gasteiger partial charge on any atom is -0.309 e. The molecular weight excluding hydrogens is 881 g/mol. The topological polar surface area (TPSA) is 19.7 Å². The number of para-hydroxylation sites is 4. The zero-order valence-electron chi connectivity index (χ0n) is 35.1. The summed E-state index contributed by atoms with van der Waals surface area (Å²) in [6.07, 6.45) is 0. The fourth-order valence-corrected chi connectivity index (χ4v) is 14.9. The average Bonchev–Trinajstić information content (AvgIpc) is 4.25. The first-order valence-corrected chi connectivity index (χ1v) is 25.4. The predicted octanol–water partition coefficient (Wildman–Crippen LogP) is 17.7. The van der Waals surface area contributed by atoms with Crippen molar-refractivity contribution < 1.29 is 0 Å². The zero-order valence-corrected chi connectivity index (χ0v) is 38.3. The van der Waals surface area contributed by atoms with Gasteiger partial charge in [-0.1, -0.05) is 84.9 Å². The van der Waals surface area contributed by atoms with E-state index in [1.165, 1.54) is 122 Å². The monoisotopic (exact) mass is 914 g/mol. The van der Waals surface area contributed by atoms with Crippen LogP contribution in [-0.2, 0) is 0 Å². The minimum atomic E-state index is 1.16. The standard InChI is InChI=1S/C58H34N4S4/c1-4-12-37(13-5-1)59-45-19-11-10-18-41(45)44-32-40(22-25-48(44)59)62-50-27-29-64-56(50)58-52(62)34-54(66-58)36-21-24-47-43(31-36)42-30-35(20-23-46(42)60(47)38-14-6-2-7-15-38)53-33-51-57(65-53)55-49(26-28-63-55)61(51)39-16-8-3-9-17-39/h1-34H. The molecule has 8 heteroatoms. The third-order valence-corrected chi connectivity index (χ3v) is 17.9. The Balaban J connectivity index is 0.901. The van der Waals surface area contributed by atoms with Gasteiger partial charge in [-0.2, -0.15) is 0 Å². The number of hydrogen-bond donors (Lipinski definition) is 0. The Morgan fingerprint density at radius 3 is 1.18 bits per heavy atom. The van der Waals surface area contributed by atoms with E-state index in [0.717, 1.165) is 5.69 Å². The zero-order chi connectivity index (χ0) is 43.0. The number of rotatable bonds is 6. The summed E-state index contributed by atoms with van der Waals surface area (Å²) >= 11 is 7.48. The van der Waals surface area contributed by atoms with Crippen molar-refractivity contribution in [1.82, 2.24) is 18.3 Å². The lowest BCUT2D eigenvalue weighted by Gasteiger charge is -2.09. The van der Waals surface area contributed by atoms with Crippen LogP contribution >= 0.6 is 45.3 Å². The molecule has 0 bridgehead atoms. The van der Waals surface area contributed by atoms with Crippen LogP contribution in [0.4, 0.5) is 0 Å². The van der Waals surface area contributed by atoms with E-state index in [4.69, 9.17) is 0 Å². The quantitative estimate of drug-likeness (QED) is 0.158. The lowest BCUT2D eigenvalue weighted by Crippen LogP contribution is -1.95. The van der Waals surface area contributed by atoms with Crippen molar-refractivity contribution in [3.05, 3.63) is 205 Å². The van der Waals surface area contributed by atoms with E-state index < -0.39 is 0 Å². The van der Waals surface area contributed by atoms with Crippen molar-refractivity contribution in [1.29, 1.82) is 0 Å². The van der Waals surface area contributed by atoms with Crippen LogP contribution in [0.15, 0.2) is 205 Å². The smallest absolute Gasteiger partial charge is 0.0711 e. The molecule has 8 aromatic heterocycles. The molecule has 0 spiro atoms. The van der Waals surface area contributed by atoms with E-state index >= 15 is 0 Å². The maximum atomic E-state index is 2.48. The van der Waals surface area contributed by atoms with Gasteiger partial charge in [-0.05, 0) is 131 Å². The van der Waals surface area contributed by atoms with Gasteiger partial charge in [-0.15, -0.1) is 45.3 Å². The highest BCUT2D eigenvalue weighted by atomic mass is 32.1. The number of thiophene rings is 4. The average molecular weight is 915 g/mol. The van der Waals surface area contributed by atoms with E-state index in [-0.39, 0.29) is 0 Å². The molecule has 66 heavy (non-hydrogen) atoms. The molecule has 0 atom stereocenters. The van der Waals surface area contributed by atoms with Crippen molar-refractivity contribution in [2.45, 2.75) is 0 Å². The van der Waals surface area contributed by atoms with Gasteiger partial charge >= 0.3 is 0 Å². The van der Waals surface area contributed by atoms with Crippen LogP contribution < -0.4 is 0 Å². The van der Waals surface area contributed by atoms with Crippen molar-refractivity contribution in [2.24, 2.45) is 0 Å².